The maximum absolute atomic E-state index is 12.6. The summed E-state index contributed by atoms with van der Waals surface area (Å²) in [7, 11) is 3.81. The van der Waals surface area contributed by atoms with Crippen LogP contribution in [0.25, 0.3) is 0 Å². The van der Waals surface area contributed by atoms with Crippen molar-refractivity contribution in [3.05, 3.63) is 50.5 Å². The third kappa shape index (κ3) is 4.93. The summed E-state index contributed by atoms with van der Waals surface area (Å²) in [5.74, 6) is -1.58. The summed E-state index contributed by atoms with van der Waals surface area (Å²) < 4.78 is 16.0. The van der Waals surface area contributed by atoms with Crippen LogP contribution in [0.1, 0.15) is 10.4 Å². The van der Waals surface area contributed by atoms with Crippen molar-refractivity contribution in [1.82, 2.24) is 5.32 Å². The predicted octanol–water partition coefficient (Wildman–Crippen LogP) is 2.75. The minimum absolute atomic E-state index is 0.0232. The lowest BCUT2D eigenvalue weighted by Gasteiger charge is -2.15. The highest BCUT2D eigenvalue weighted by atomic mass is 79.9. The second-order valence-electron chi connectivity index (χ2n) is 5.51. The van der Waals surface area contributed by atoms with Gasteiger partial charge in [0.15, 0.2) is 5.75 Å². The van der Waals surface area contributed by atoms with Gasteiger partial charge in [0.2, 0.25) is 17.4 Å². The molecule has 0 aliphatic heterocycles. The molecule has 29 heavy (non-hydrogen) atoms. The summed E-state index contributed by atoms with van der Waals surface area (Å²) >= 11 is 3.30. The van der Waals surface area contributed by atoms with Gasteiger partial charge < -0.3 is 24.8 Å². The zero-order chi connectivity index (χ0) is 21.6. The Balaban J connectivity index is 2.26. The number of hydrogen-bond acceptors (Lipinski definition) is 7. The van der Waals surface area contributed by atoms with Gasteiger partial charge in [0.1, 0.15) is 5.56 Å². The summed E-state index contributed by atoms with van der Waals surface area (Å²) in [5, 5.41) is 16.5. The van der Waals surface area contributed by atoms with Crippen molar-refractivity contribution < 1.29 is 28.7 Å². The van der Waals surface area contributed by atoms with Crippen molar-refractivity contribution in [2.24, 2.45) is 0 Å². The first-order valence-corrected chi connectivity index (χ1v) is 8.93. The smallest absolute Gasteiger partial charge is 0.327 e. The van der Waals surface area contributed by atoms with Gasteiger partial charge in [-0.15, -0.1) is 0 Å². The van der Waals surface area contributed by atoms with Crippen molar-refractivity contribution in [2.45, 2.75) is 0 Å². The standard InChI is InChI=1S/C18H18BrN3O7/c1-27-13-8-10(15(22(25)26)17(29-3)16(13)28-2)18(24)20-9-14(23)21-12-7-5-4-6-11(12)19/h4-8H,9H2,1-3H3,(H,20,24)(H,21,23). The lowest BCUT2D eigenvalue weighted by atomic mass is 10.1. The van der Waals surface area contributed by atoms with E-state index in [0.29, 0.717) is 10.2 Å². The molecule has 10 nitrogen and oxygen atoms in total. The van der Waals surface area contributed by atoms with Crippen LogP contribution in [0.3, 0.4) is 0 Å². The number of ether oxygens (including phenoxy) is 3. The van der Waals surface area contributed by atoms with Gasteiger partial charge in [-0.2, -0.15) is 0 Å². The molecule has 0 atom stereocenters. The van der Waals surface area contributed by atoms with Gasteiger partial charge >= 0.3 is 5.69 Å². The van der Waals surface area contributed by atoms with Crippen molar-refractivity contribution in [3.63, 3.8) is 0 Å². The molecule has 0 aliphatic carbocycles. The van der Waals surface area contributed by atoms with Gasteiger partial charge in [-0.05, 0) is 28.1 Å². The molecule has 2 N–H and O–H groups in total. The first-order valence-electron chi connectivity index (χ1n) is 8.13. The van der Waals surface area contributed by atoms with Crippen LogP contribution in [-0.2, 0) is 4.79 Å². The number of carbonyl (C=O) groups is 2. The zero-order valence-corrected chi connectivity index (χ0v) is 17.4. The number of hydrogen-bond donors (Lipinski definition) is 2. The Kier molecular flexibility index (Phi) is 7.37. The maximum atomic E-state index is 12.6. The molecule has 2 rings (SSSR count). The molecule has 0 unspecified atom stereocenters. The summed E-state index contributed by atoms with van der Waals surface area (Å²) in [6.07, 6.45) is 0. The fraction of sp³-hybridized carbons (Fsp3) is 0.222. The molecule has 2 aromatic carbocycles. The monoisotopic (exact) mass is 467 g/mol. The van der Waals surface area contributed by atoms with Crippen molar-refractivity contribution in [1.29, 1.82) is 0 Å². The van der Waals surface area contributed by atoms with Crippen LogP contribution in [0, 0.1) is 10.1 Å². The van der Waals surface area contributed by atoms with Gasteiger partial charge in [0, 0.05) is 10.5 Å². The van der Waals surface area contributed by atoms with Gasteiger partial charge in [-0.25, -0.2) is 0 Å². The zero-order valence-electron chi connectivity index (χ0n) is 15.8. The lowest BCUT2D eigenvalue weighted by Crippen LogP contribution is -2.33. The molecule has 0 spiro atoms. The first kappa shape index (κ1) is 22.0. The average molecular weight is 468 g/mol. The summed E-state index contributed by atoms with van der Waals surface area (Å²) in [5.41, 5.74) is -0.419. The molecule has 154 valence electrons. The number of nitro groups is 1. The number of carbonyl (C=O) groups excluding carboxylic acids is 2. The Morgan fingerprint density at radius 1 is 1.10 bits per heavy atom. The third-order valence-electron chi connectivity index (χ3n) is 3.79. The molecule has 11 heteroatoms. The molecule has 0 bridgehead atoms. The molecular weight excluding hydrogens is 450 g/mol. The van der Waals surface area contributed by atoms with Gasteiger partial charge in [-0.3, -0.25) is 19.7 Å². The SMILES string of the molecule is COc1cc(C(=O)NCC(=O)Nc2ccccc2Br)c([N+](=O)[O-])c(OC)c1OC. The average Bonchev–Trinajstić information content (AvgIpc) is 2.71. The highest BCUT2D eigenvalue weighted by Crippen LogP contribution is 2.46. The molecule has 0 aliphatic rings. The molecule has 0 aromatic heterocycles. The predicted molar refractivity (Wildman–Crippen MR) is 108 cm³/mol. The second kappa shape index (κ2) is 9.73. The topological polar surface area (TPSA) is 129 Å². The van der Waals surface area contributed by atoms with Crippen LogP contribution < -0.4 is 24.8 Å². The second-order valence-corrected chi connectivity index (χ2v) is 6.36. The van der Waals surface area contributed by atoms with Crippen LogP contribution in [-0.4, -0.2) is 44.6 Å². The van der Waals surface area contributed by atoms with E-state index in [1.165, 1.54) is 21.3 Å². The number of nitrogens with one attached hydrogen (secondary N) is 2. The number of nitrogens with zero attached hydrogens (tertiary/aromatic N) is 1. The van der Waals surface area contributed by atoms with Crippen molar-refractivity contribution in [3.8, 4) is 17.2 Å². The number of nitro benzene ring substituents is 1. The summed E-state index contributed by atoms with van der Waals surface area (Å²) in [4.78, 5) is 35.5. The van der Waals surface area contributed by atoms with Crippen LogP contribution in [0.2, 0.25) is 0 Å². The minimum Gasteiger partial charge on any atom is -0.493 e. The van der Waals surface area contributed by atoms with E-state index >= 15 is 0 Å². The first-order chi connectivity index (χ1) is 13.8. The fourth-order valence-corrected chi connectivity index (χ4v) is 2.89. The van der Waals surface area contributed by atoms with Gasteiger partial charge in [0.25, 0.3) is 5.91 Å². The van der Waals surface area contributed by atoms with Crippen LogP contribution in [0.15, 0.2) is 34.8 Å². The van der Waals surface area contributed by atoms with E-state index in [1.807, 2.05) is 0 Å². The number of benzene rings is 2. The van der Waals surface area contributed by atoms with Crippen molar-refractivity contribution in [2.75, 3.05) is 33.2 Å². The van der Waals surface area contributed by atoms with Crippen LogP contribution >= 0.6 is 15.9 Å². The van der Waals surface area contributed by atoms with E-state index in [-0.39, 0.29) is 22.8 Å². The number of halogens is 1. The maximum Gasteiger partial charge on any atom is 0.327 e. The molecule has 0 saturated carbocycles. The number of para-hydroxylation sites is 1. The largest absolute Gasteiger partial charge is 0.493 e. The number of rotatable bonds is 8. The van der Waals surface area contributed by atoms with Crippen molar-refractivity contribution >= 4 is 39.1 Å². The van der Waals surface area contributed by atoms with E-state index in [4.69, 9.17) is 14.2 Å². The highest BCUT2D eigenvalue weighted by Gasteiger charge is 2.32. The van der Waals surface area contributed by atoms with E-state index in [0.717, 1.165) is 6.07 Å². The van der Waals surface area contributed by atoms with E-state index in [9.17, 15) is 19.7 Å². The molecule has 2 aromatic rings. The number of amides is 2. The Morgan fingerprint density at radius 2 is 1.76 bits per heavy atom. The lowest BCUT2D eigenvalue weighted by molar-refractivity contribution is -0.386. The van der Waals surface area contributed by atoms with E-state index in [2.05, 4.69) is 26.6 Å². The minimum atomic E-state index is -0.849. The molecule has 2 amide bonds. The quantitative estimate of drug-likeness (QED) is 0.450. The normalized spacial score (nSPS) is 10.1. The third-order valence-corrected chi connectivity index (χ3v) is 4.48. The number of methoxy groups -OCH3 is 3. The Labute approximate surface area is 174 Å². The Morgan fingerprint density at radius 3 is 2.31 bits per heavy atom. The number of anilines is 1. The van der Waals surface area contributed by atoms with E-state index in [1.54, 1.807) is 24.3 Å². The van der Waals surface area contributed by atoms with Crippen LogP contribution in [0.5, 0.6) is 17.2 Å². The van der Waals surface area contributed by atoms with E-state index < -0.39 is 29.0 Å². The Bertz CT molecular complexity index is 949. The molecule has 0 saturated heterocycles. The highest BCUT2D eigenvalue weighted by molar-refractivity contribution is 9.10. The molecule has 0 radical (unpaired) electrons. The van der Waals surface area contributed by atoms with Gasteiger partial charge in [0.05, 0.1) is 38.5 Å². The summed E-state index contributed by atoms with van der Waals surface area (Å²) in [6.45, 7) is -0.409. The summed E-state index contributed by atoms with van der Waals surface area (Å²) in [6, 6.07) is 8.09. The molecular formula is C18H18BrN3O7. The molecule has 0 fully saturated rings. The Hall–Kier alpha value is -3.34. The fourth-order valence-electron chi connectivity index (χ4n) is 2.51. The van der Waals surface area contributed by atoms with Gasteiger partial charge in [-0.1, -0.05) is 12.1 Å². The molecule has 0 heterocycles. The van der Waals surface area contributed by atoms with Crippen LogP contribution in [0.4, 0.5) is 11.4 Å².